The van der Waals surface area contributed by atoms with Crippen LogP contribution in [0.2, 0.25) is 5.02 Å². The number of ether oxygens (including phenoxy) is 1. The normalized spacial score (nSPS) is 10.9. The van der Waals surface area contributed by atoms with Crippen molar-refractivity contribution < 1.29 is 13.5 Å². The zero-order valence-corrected chi connectivity index (χ0v) is 11.0. The van der Waals surface area contributed by atoms with Gasteiger partial charge in [-0.15, -0.1) is 0 Å². The first-order valence-corrected chi connectivity index (χ1v) is 6.22. The SMILES string of the molecule is Nc1ccc(OCc2nc3cc(F)cc(Cl)c3o2)cc1. The van der Waals surface area contributed by atoms with E-state index in [9.17, 15) is 4.39 Å². The van der Waals surface area contributed by atoms with Gasteiger partial charge in [-0.3, -0.25) is 0 Å². The van der Waals surface area contributed by atoms with Crippen molar-refractivity contribution in [1.82, 2.24) is 4.98 Å². The molecule has 20 heavy (non-hydrogen) atoms. The van der Waals surface area contributed by atoms with Crippen molar-refractivity contribution in [3.63, 3.8) is 0 Å². The van der Waals surface area contributed by atoms with Gasteiger partial charge in [0.05, 0.1) is 5.02 Å². The number of hydrogen-bond acceptors (Lipinski definition) is 4. The van der Waals surface area contributed by atoms with Crippen LogP contribution in [0.5, 0.6) is 5.75 Å². The summed E-state index contributed by atoms with van der Waals surface area (Å²) in [7, 11) is 0. The average molecular weight is 293 g/mol. The van der Waals surface area contributed by atoms with Crippen LogP contribution in [0.4, 0.5) is 10.1 Å². The van der Waals surface area contributed by atoms with E-state index in [0.717, 1.165) is 0 Å². The first-order chi connectivity index (χ1) is 9.61. The summed E-state index contributed by atoms with van der Waals surface area (Å²) in [5, 5.41) is 0.186. The Morgan fingerprint density at radius 2 is 2.00 bits per heavy atom. The number of halogens is 2. The Kier molecular flexibility index (Phi) is 3.20. The van der Waals surface area contributed by atoms with Crippen LogP contribution in [0, 0.1) is 5.82 Å². The maximum atomic E-state index is 13.2. The summed E-state index contributed by atoms with van der Waals surface area (Å²) in [4.78, 5) is 4.13. The second-order valence-corrected chi connectivity index (χ2v) is 4.61. The molecule has 0 aliphatic rings. The van der Waals surface area contributed by atoms with Crippen molar-refractivity contribution in [3.05, 3.63) is 53.1 Å². The highest BCUT2D eigenvalue weighted by atomic mass is 35.5. The highest BCUT2D eigenvalue weighted by Gasteiger charge is 2.11. The molecule has 0 saturated carbocycles. The Labute approximate surface area is 118 Å². The number of oxazole rings is 1. The molecule has 0 spiro atoms. The first kappa shape index (κ1) is 12.7. The van der Waals surface area contributed by atoms with Crippen LogP contribution in [0.15, 0.2) is 40.8 Å². The maximum absolute atomic E-state index is 13.2. The number of hydrogen-bond donors (Lipinski definition) is 1. The van der Waals surface area contributed by atoms with Gasteiger partial charge in [0.2, 0.25) is 5.89 Å². The van der Waals surface area contributed by atoms with Crippen molar-refractivity contribution in [2.24, 2.45) is 0 Å². The van der Waals surface area contributed by atoms with Crippen molar-refractivity contribution in [1.29, 1.82) is 0 Å². The molecule has 0 saturated heterocycles. The Morgan fingerprint density at radius 1 is 1.25 bits per heavy atom. The molecular formula is C14H10ClFN2O2. The Morgan fingerprint density at radius 3 is 2.75 bits per heavy atom. The Balaban J connectivity index is 1.81. The smallest absolute Gasteiger partial charge is 0.233 e. The van der Waals surface area contributed by atoms with Crippen molar-refractivity contribution >= 4 is 28.4 Å². The minimum atomic E-state index is -0.457. The number of anilines is 1. The van der Waals surface area contributed by atoms with Crippen molar-refractivity contribution in [2.75, 3.05) is 5.73 Å². The fourth-order valence-electron chi connectivity index (χ4n) is 1.78. The minimum Gasteiger partial charge on any atom is -0.484 e. The molecule has 1 aromatic heterocycles. The number of nitrogens with zero attached hydrogens (tertiary/aromatic N) is 1. The zero-order valence-electron chi connectivity index (χ0n) is 10.3. The molecule has 102 valence electrons. The minimum absolute atomic E-state index is 0.122. The lowest BCUT2D eigenvalue weighted by Crippen LogP contribution is -1.95. The number of benzene rings is 2. The molecule has 0 unspecified atom stereocenters. The van der Waals surface area contributed by atoms with Crippen LogP contribution in [0.3, 0.4) is 0 Å². The molecule has 0 amide bonds. The van der Waals surface area contributed by atoms with Gasteiger partial charge >= 0.3 is 0 Å². The molecule has 3 rings (SSSR count). The van der Waals surface area contributed by atoms with E-state index in [0.29, 0.717) is 28.4 Å². The van der Waals surface area contributed by atoms with Gasteiger partial charge in [-0.25, -0.2) is 9.37 Å². The van der Waals surface area contributed by atoms with Crippen LogP contribution in [0.1, 0.15) is 5.89 Å². The number of nitrogens with two attached hydrogens (primary N) is 1. The van der Waals surface area contributed by atoms with E-state index in [1.54, 1.807) is 24.3 Å². The lowest BCUT2D eigenvalue weighted by molar-refractivity contribution is 0.267. The Bertz CT molecular complexity index is 756. The lowest BCUT2D eigenvalue weighted by Gasteiger charge is -2.03. The summed E-state index contributed by atoms with van der Waals surface area (Å²) in [6, 6.07) is 9.38. The molecule has 3 aromatic rings. The molecule has 0 atom stereocenters. The number of nitrogen functional groups attached to an aromatic ring is 1. The van der Waals surface area contributed by atoms with E-state index in [4.69, 9.17) is 26.5 Å². The second kappa shape index (κ2) is 5.02. The van der Waals surface area contributed by atoms with Crippen molar-refractivity contribution in [3.8, 4) is 5.75 Å². The molecule has 0 bridgehead atoms. The standard InChI is InChI=1S/C14H10ClFN2O2/c15-11-5-8(16)6-12-14(11)20-13(18-12)7-19-10-3-1-9(17)2-4-10/h1-6H,7,17H2. The summed E-state index contributed by atoms with van der Waals surface area (Å²) in [6.45, 7) is 0.122. The largest absolute Gasteiger partial charge is 0.484 e. The van der Waals surface area contributed by atoms with E-state index in [2.05, 4.69) is 4.98 Å². The summed E-state index contributed by atoms with van der Waals surface area (Å²) < 4.78 is 24.1. The third kappa shape index (κ3) is 2.53. The quantitative estimate of drug-likeness (QED) is 0.746. The molecule has 4 nitrogen and oxygen atoms in total. The van der Waals surface area contributed by atoms with Gasteiger partial charge in [-0.2, -0.15) is 0 Å². The Hall–Kier alpha value is -2.27. The molecule has 6 heteroatoms. The number of fused-ring (bicyclic) bond motifs is 1. The second-order valence-electron chi connectivity index (χ2n) is 4.20. The summed E-state index contributed by atoms with van der Waals surface area (Å²) in [6.07, 6.45) is 0. The summed E-state index contributed by atoms with van der Waals surface area (Å²) >= 11 is 5.88. The highest BCUT2D eigenvalue weighted by molar-refractivity contribution is 6.34. The average Bonchev–Trinajstić information content (AvgIpc) is 2.81. The van der Waals surface area contributed by atoms with Gasteiger partial charge in [0, 0.05) is 11.8 Å². The number of aromatic nitrogens is 1. The van der Waals surface area contributed by atoms with Gasteiger partial charge in [-0.05, 0) is 30.3 Å². The van der Waals surface area contributed by atoms with E-state index in [1.165, 1.54) is 12.1 Å². The van der Waals surface area contributed by atoms with E-state index < -0.39 is 5.82 Å². The summed E-state index contributed by atoms with van der Waals surface area (Å²) in [5.74, 6) is 0.505. The predicted molar refractivity (Wildman–Crippen MR) is 74.2 cm³/mol. The first-order valence-electron chi connectivity index (χ1n) is 5.84. The fourth-order valence-corrected chi connectivity index (χ4v) is 2.02. The van der Waals surface area contributed by atoms with E-state index >= 15 is 0 Å². The molecule has 2 aromatic carbocycles. The lowest BCUT2D eigenvalue weighted by atomic mass is 10.3. The van der Waals surface area contributed by atoms with Gasteiger partial charge in [0.15, 0.2) is 12.2 Å². The number of rotatable bonds is 3. The van der Waals surface area contributed by atoms with Crippen molar-refractivity contribution in [2.45, 2.75) is 6.61 Å². The third-order valence-corrected chi connectivity index (χ3v) is 2.98. The van der Waals surface area contributed by atoms with E-state index in [-0.39, 0.29) is 11.6 Å². The van der Waals surface area contributed by atoms with E-state index in [1.807, 2.05) is 0 Å². The molecule has 0 aliphatic carbocycles. The monoisotopic (exact) mass is 292 g/mol. The molecular weight excluding hydrogens is 283 g/mol. The van der Waals surface area contributed by atoms with Crippen LogP contribution in [0.25, 0.3) is 11.1 Å². The van der Waals surface area contributed by atoms with Gasteiger partial charge < -0.3 is 14.9 Å². The fraction of sp³-hybridized carbons (Fsp3) is 0.0714. The zero-order chi connectivity index (χ0) is 14.1. The van der Waals surface area contributed by atoms with Gasteiger partial charge in [-0.1, -0.05) is 11.6 Å². The predicted octanol–water partition coefficient (Wildman–Crippen LogP) is 3.78. The molecule has 0 fully saturated rings. The van der Waals surface area contributed by atoms with Crippen LogP contribution < -0.4 is 10.5 Å². The molecule has 1 heterocycles. The highest BCUT2D eigenvalue weighted by Crippen LogP contribution is 2.26. The van der Waals surface area contributed by atoms with Gasteiger partial charge in [0.1, 0.15) is 17.1 Å². The molecule has 2 N–H and O–H groups in total. The molecule has 0 aliphatic heterocycles. The maximum Gasteiger partial charge on any atom is 0.233 e. The topological polar surface area (TPSA) is 61.3 Å². The third-order valence-electron chi connectivity index (χ3n) is 2.70. The summed E-state index contributed by atoms with van der Waals surface area (Å²) in [5.41, 5.74) is 6.95. The van der Waals surface area contributed by atoms with Crippen LogP contribution in [-0.2, 0) is 6.61 Å². The van der Waals surface area contributed by atoms with Gasteiger partial charge in [0.25, 0.3) is 0 Å². The van der Waals surface area contributed by atoms with Crippen LogP contribution in [-0.4, -0.2) is 4.98 Å². The molecule has 0 radical (unpaired) electrons. The van der Waals surface area contributed by atoms with Crippen LogP contribution >= 0.6 is 11.6 Å².